The monoisotopic (exact) mass is 298 g/mol. The normalized spacial score (nSPS) is 10.0. The van der Waals surface area contributed by atoms with Crippen LogP contribution in [0.2, 0.25) is 0 Å². The lowest BCUT2D eigenvalue weighted by Gasteiger charge is -2.08. The molecule has 4 nitrogen and oxygen atoms in total. The third-order valence-electron chi connectivity index (χ3n) is 3.18. The predicted octanol–water partition coefficient (Wildman–Crippen LogP) is 3.46. The minimum atomic E-state index is -0.358. The molecule has 116 valence electrons. The van der Waals surface area contributed by atoms with Crippen LogP contribution >= 0.6 is 0 Å². The van der Waals surface area contributed by atoms with Crippen LogP contribution in [0.25, 0.3) is 0 Å². The number of hydrogen-bond acceptors (Lipinski definition) is 3. The quantitative estimate of drug-likeness (QED) is 0.734. The van der Waals surface area contributed by atoms with Crippen molar-refractivity contribution in [3.63, 3.8) is 0 Å². The van der Waals surface area contributed by atoms with E-state index in [1.54, 1.807) is 0 Å². The highest BCUT2D eigenvalue weighted by Gasteiger charge is 2.00. The number of benzene rings is 2. The summed E-state index contributed by atoms with van der Waals surface area (Å²) in [7, 11) is 0. The van der Waals surface area contributed by atoms with Gasteiger partial charge in [0, 0.05) is 18.8 Å². The number of nitrogens with one attached hydrogen (secondary N) is 2. The molecular weight excluding hydrogens is 276 g/mol. The average Bonchev–Trinajstić information content (AvgIpc) is 2.57. The van der Waals surface area contributed by atoms with E-state index in [0.29, 0.717) is 19.7 Å². The number of carbonyl (C=O) groups is 1. The van der Waals surface area contributed by atoms with Gasteiger partial charge in [-0.2, -0.15) is 0 Å². The van der Waals surface area contributed by atoms with E-state index in [0.717, 1.165) is 18.5 Å². The summed E-state index contributed by atoms with van der Waals surface area (Å²) in [5.74, 6) is 0. The highest BCUT2D eigenvalue weighted by Crippen LogP contribution is 2.03. The number of ether oxygens (including phenoxy) is 1. The maximum absolute atomic E-state index is 11.5. The number of hydrogen-bond donors (Lipinski definition) is 2. The fourth-order valence-corrected chi connectivity index (χ4v) is 2.06. The molecule has 0 aliphatic rings. The summed E-state index contributed by atoms with van der Waals surface area (Å²) in [5.41, 5.74) is 2.30. The average molecular weight is 298 g/mol. The van der Waals surface area contributed by atoms with Crippen LogP contribution in [0, 0.1) is 0 Å². The Labute approximate surface area is 131 Å². The fourth-order valence-electron chi connectivity index (χ4n) is 2.06. The fraction of sp³-hybridized carbons (Fsp3) is 0.278. The molecule has 0 spiro atoms. The Balaban J connectivity index is 1.49. The zero-order valence-corrected chi connectivity index (χ0v) is 12.6. The zero-order valence-electron chi connectivity index (χ0n) is 12.6. The second kappa shape index (κ2) is 9.45. The van der Waals surface area contributed by atoms with Gasteiger partial charge in [-0.05, 0) is 30.5 Å². The lowest BCUT2D eigenvalue weighted by molar-refractivity contribution is 0.145. The summed E-state index contributed by atoms with van der Waals surface area (Å²) in [6, 6.07) is 20.1. The van der Waals surface area contributed by atoms with Crippen molar-refractivity contribution in [3.05, 3.63) is 66.2 Å². The van der Waals surface area contributed by atoms with Gasteiger partial charge >= 0.3 is 6.09 Å². The largest absolute Gasteiger partial charge is 0.450 e. The molecule has 2 aromatic carbocycles. The standard InChI is InChI=1S/C18H22N2O2/c21-18(20-14-13-19-17-11-5-2-6-12-17)22-15-7-10-16-8-3-1-4-9-16/h1-6,8-9,11-12,19H,7,10,13-15H2,(H,20,21). The van der Waals surface area contributed by atoms with Crippen LogP contribution in [0.1, 0.15) is 12.0 Å². The van der Waals surface area contributed by atoms with Crippen LogP contribution in [-0.2, 0) is 11.2 Å². The first-order valence-corrected chi connectivity index (χ1v) is 7.58. The molecule has 0 bridgehead atoms. The van der Waals surface area contributed by atoms with Crippen molar-refractivity contribution in [3.8, 4) is 0 Å². The van der Waals surface area contributed by atoms with Crippen molar-refractivity contribution < 1.29 is 9.53 Å². The number of aryl methyl sites for hydroxylation is 1. The van der Waals surface area contributed by atoms with Crippen molar-refractivity contribution in [2.45, 2.75) is 12.8 Å². The van der Waals surface area contributed by atoms with E-state index in [2.05, 4.69) is 22.8 Å². The van der Waals surface area contributed by atoms with E-state index < -0.39 is 0 Å². The molecule has 2 aromatic rings. The summed E-state index contributed by atoms with van der Waals surface area (Å²) >= 11 is 0. The molecule has 0 unspecified atom stereocenters. The zero-order chi connectivity index (χ0) is 15.5. The third kappa shape index (κ3) is 6.31. The topological polar surface area (TPSA) is 50.4 Å². The number of carbonyl (C=O) groups excluding carboxylic acids is 1. The van der Waals surface area contributed by atoms with E-state index in [-0.39, 0.29) is 6.09 Å². The summed E-state index contributed by atoms with van der Waals surface area (Å²) < 4.78 is 5.14. The van der Waals surface area contributed by atoms with Crippen LogP contribution < -0.4 is 10.6 Å². The van der Waals surface area contributed by atoms with Gasteiger partial charge in [0.2, 0.25) is 0 Å². The summed E-state index contributed by atoms with van der Waals surface area (Å²) in [6.45, 7) is 1.64. The summed E-state index contributed by atoms with van der Waals surface area (Å²) in [6.07, 6.45) is 1.39. The van der Waals surface area contributed by atoms with Gasteiger partial charge in [0.05, 0.1) is 6.61 Å². The van der Waals surface area contributed by atoms with Gasteiger partial charge in [-0.3, -0.25) is 0 Å². The van der Waals surface area contributed by atoms with Gasteiger partial charge in [0.15, 0.2) is 0 Å². The summed E-state index contributed by atoms with van der Waals surface area (Å²) in [5, 5.41) is 5.95. The van der Waals surface area contributed by atoms with Crippen molar-refractivity contribution in [1.29, 1.82) is 0 Å². The van der Waals surface area contributed by atoms with E-state index in [1.165, 1.54) is 5.56 Å². The van der Waals surface area contributed by atoms with Gasteiger partial charge in [-0.25, -0.2) is 4.79 Å². The van der Waals surface area contributed by atoms with Crippen molar-refractivity contribution >= 4 is 11.8 Å². The van der Waals surface area contributed by atoms with Crippen LogP contribution in [0.5, 0.6) is 0 Å². The van der Waals surface area contributed by atoms with Crippen molar-refractivity contribution in [2.75, 3.05) is 25.0 Å². The first-order valence-electron chi connectivity index (χ1n) is 7.58. The van der Waals surface area contributed by atoms with Crippen LogP contribution in [0.3, 0.4) is 0 Å². The Morgan fingerprint density at radius 3 is 2.32 bits per heavy atom. The Morgan fingerprint density at radius 1 is 0.909 bits per heavy atom. The molecule has 0 saturated carbocycles. The number of para-hydroxylation sites is 1. The third-order valence-corrected chi connectivity index (χ3v) is 3.18. The van der Waals surface area contributed by atoms with E-state index >= 15 is 0 Å². The minimum Gasteiger partial charge on any atom is -0.450 e. The molecule has 0 heterocycles. The predicted molar refractivity (Wildman–Crippen MR) is 89.0 cm³/mol. The van der Waals surface area contributed by atoms with E-state index in [4.69, 9.17) is 4.74 Å². The van der Waals surface area contributed by atoms with Gasteiger partial charge in [-0.1, -0.05) is 48.5 Å². The molecule has 1 amide bonds. The minimum absolute atomic E-state index is 0.358. The summed E-state index contributed by atoms with van der Waals surface area (Å²) in [4.78, 5) is 11.5. The maximum Gasteiger partial charge on any atom is 0.407 e. The SMILES string of the molecule is O=C(NCCNc1ccccc1)OCCCc1ccccc1. The Kier molecular flexibility index (Phi) is 6.82. The maximum atomic E-state index is 11.5. The molecule has 0 aliphatic carbocycles. The highest BCUT2D eigenvalue weighted by molar-refractivity contribution is 5.67. The van der Waals surface area contributed by atoms with E-state index in [1.807, 2.05) is 48.5 Å². The number of rotatable bonds is 8. The smallest absolute Gasteiger partial charge is 0.407 e. The van der Waals surface area contributed by atoms with Gasteiger partial charge in [0.1, 0.15) is 0 Å². The molecule has 0 aliphatic heterocycles. The van der Waals surface area contributed by atoms with E-state index in [9.17, 15) is 4.79 Å². The first-order chi connectivity index (χ1) is 10.8. The molecule has 0 atom stereocenters. The molecule has 0 radical (unpaired) electrons. The molecule has 22 heavy (non-hydrogen) atoms. The molecule has 4 heteroatoms. The van der Waals surface area contributed by atoms with Crippen LogP contribution in [0.15, 0.2) is 60.7 Å². The molecule has 2 N–H and O–H groups in total. The van der Waals surface area contributed by atoms with Crippen LogP contribution in [0.4, 0.5) is 10.5 Å². The molecule has 0 aromatic heterocycles. The molecule has 0 saturated heterocycles. The lowest BCUT2D eigenvalue weighted by atomic mass is 10.1. The van der Waals surface area contributed by atoms with Gasteiger partial charge in [0.25, 0.3) is 0 Å². The van der Waals surface area contributed by atoms with Crippen molar-refractivity contribution in [1.82, 2.24) is 5.32 Å². The van der Waals surface area contributed by atoms with Gasteiger partial charge in [-0.15, -0.1) is 0 Å². The lowest BCUT2D eigenvalue weighted by Crippen LogP contribution is -2.29. The van der Waals surface area contributed by atoms with Crippen molar-refractivity contribution in [2.24, 2.45) is 0 Å². The second-order valence-electron chi connectivity index (χ2n) is 4.94. The first kappa shape index (κ1) is 15.9. The molecular formula is C18H22N2O2. The second-order valence-corrected chi connectivity index (χ2v) is 4.94. The number of anilines is 1. The van der Waals surface area contributed by atoms with Crippen LogP contribution in [-0.4, -0.2) is 25.8 Å². The number of alkyl carbamates (subject to hydrolysis) is 1. The molecule has 0 fully saturated rings. The Morgan fingerprint density at radius 2 is 1.59 bits per heavy atom. The number of amides is 1. The van der Waals surface area contributed by atoms with Gasteiger partial charge < -0.3 is 15.4 Å². The highest BCUT2D eigenvalue weighted by atomic mass is 16.5. The molecule has 2 rings (SSSR count). The Bertz CT molecular complexity index is 494. The Hall–Kier alpha value is -2.49.